The SMILES string of the molecule is O=S(=O)(OCCCOc1ccccc1)C(F)(F)F. The molecule has 1 rings (SSSR count). The Hall–Kier alpha value is -1.28. The highest BCUT2D eigenvalue weighted by atomic mass is 32.2. The molecule has 4 nitrogen and oxygen atoms in total. The number of benzene rings is 1. The van der Waals surface area contributed by atoms with Crippen molar-refractivity contribution in [2.75, 3.05) is 13.2 Å². The first-order valence-corrected chi connectivity index (χ1v) is 6.37. The number of hydrogen-bond donors (Lipinski definition) is 0. The molecular formula is C10H11F3O4S. The first-order valence-electron chi connectivity index (χ1n) is 4.96. The molecule has 1 aromatic rings. The summed E-state index contributed by atoms with van der Waals surface area (Å²) < 4.78 is 65.5. The van der Waals surface area contributed by atoms with Gasteiger partial charge in [0.15, 0.2) is 0 Å². The summed E-state index contributed by atoms with van der Waals surface area (Å²) in [7, 11) is -5.50. The molecular weight excluding hydrogens is 273 g/mol. The average molecular weight is 284 g/mol. The van der Waals surface area contributed by atoms with E-state index in [0.717, 1.165) is 0 Å². The fourth-order valence-electron chi connectivity index (χ4n) is 1.00. The molecule has 0 aromatic heterocycles. The quantitative estimate of drug-likeness (QED) is 0.457. The number of halogens is 3. The van der Waals surface area contributed by atoms with Gasteiger partial charge in [0.05, 0.1) is 13.2 Å². The zero-order chi connectivity index (χ0) is 13.6. The minimum atomic E-state index is -5.50. The van der Waals surface area contributed by atoms with Crippen LogP contribution in [0.2, 0.25) is 0 Å². The molecule has 0 aliphatic heterocycles. The molecule has 0 amide bonds. The van der Waals surface area contributed by atoms with Crippen LogP contribution in [0.5, 0.6) is 5.75 Å². The molecule has 0 spiro atoms. The van der Waals surface area contributed by atoms with Gasteiger partial charge >= 0.3 is 15.6 Å². The molecule has 0 bridgehead atoms. The lowest BCUT2D eigenvalue weighted by atomic mass is 10.3. The zero-order valence-corrected chi connectivity index (χ0v) is 10.00. The number of alkyl halides is 3. The zero-order valence-electron chi connectivity index (χ0n) is 9.18. The molecule has 0 fully saturated rings. The molecule has 0 heterocycles. The van der Waals surface area contributed by atoms with Crippen molar-refractivity contribution >= 4 is 10.1 Å². The maximum Gasteiger partial charge on any atom is 0.523 e. The van der Waals surface area contributed by atoms with E-state index in [1.54, 1.807) is 30.3 Å². The van der Waals surface area contributed by atoms with Gasteiger partial charge in [-0.3, -0.25) is 4.18 Å². The van der Waals surface area contributed by atoms with E-state index in [0.29, 0.717) is 5.75 Å². The number of para-hydroxylation sites is 1. The van der Waals surface area contributed by atoms with Crippen LogP contribution in [-0.4, -0.2) is 27.1 Å². The van der Waals surface area contributed by atoms with Crippen LogP contribution in [0.4, 0.5) is 13.2 Å². The predicted molar refractivity (Wildman–Crippen MR) is 57.5 cm³/mol. The van der Waals surface area contributed by atoms with Crippen LogP contribution in [0.15, 0.2) is 30.3 Å². The van der Waals surface area contributed by atoms with Crippen molar-refractivity contribution in [2.45, 2.75) is 11.9 Å². The third kappa shape index (κ3) is 4.53. The predicted octanol–water partition coefficient (Wildman–Crippen LogP) is 2.32. The fraction of sp³-hybridized carbons (Fsp3) is 0.400. The van der Waals surface area contributed by atoms with Crippen LogP contribution in [0.25, 0.3) is 0 Å². The third-order valence-electron chi connectivity index (χ3n) is 1.82. The molecule has 0 radical (unpaired) electrons. The molecule has 18 heavy (non-hydrogen) atoms. The summed E-state index contributed by atoms with van der Waals surface area (Å²) >= 11 is 0. The van der Waals surface area contributed by atoms with E-state index < -0.39 is 22.2 Å². The Labute approximate surface area is 102 Å². The van der Waals surface area contributed by atoms with Crippen LogP contribution in [0, 0.1) is 0 Å². The Kier molecular flexibility index (Phi) is 4.97. The lowest BCUT2D eigenvalue weighted by Gasteiger charge is -2.08. The lowest BCUT2D eigenvalue weighted by molar-refractivity contribution is -0.0544. The monoisotopic (exact) mass is 284 g/mol. The highest BCUT2D eigenvalue weighted by Gasteiger charge is 2.47. The molecule has 0 saturated heterocycles. The summed E-state index contributed by atoms with van der Waals surface area (Å²) in [5.41, 5.74) is -5.38. The Morgan fingerprint density at radius 1 is 1.06 bits per heavy atom. The summed E-state index contributed by atoms with van der Waals surface area (Å²) in [6.07, 6.45) is 0.0319. The van der Waals surface area contributed by atoms with Crippen molar-refractivity contribution in [2.24, 2.45) is 0 Å². The van der Waals surface area contributed by atoms with Gasteiger partial charge in [0.25, 0.3) is 0 Å². The summed E-state index contributed by atoms with van der Waals surface area (Å²) in [6.45, 7) is -0.508. The lowest BCUT2D eigenvalue weighted by Crippen LogP contribution is -2.26. The first-order chi connectivity index (χ1) is 8.33. The van der Waals surface area contributed by atoms with E-state index in [-0.39, 0.29) is 13.0 Å². The van der Waals surface area contributed by atoms with Crippen molar-refractivity contribution in [3.05, 3.63) is 30.3 Å². The van der Waals surface area contributed by atoms with E-state index in [1.165, 1.54) is 0 Å². The van der Waals surface area contributed by atoms with Crippen molar-refractivity contribution < 1.29 is 30.5 Å². The minimum Gasteiger partial charge on any atom is -0.494 e. The van der Waals surface area contributed by atoms with Crippen LogP contribution in [-0.2, 0) is 14.3 Å². The molecule has 102 valence electrons. The molecule has 0 aliphatic carbocycles. The highest BCUT2D eigenvalue weighted by Crippen LogP contribution is 2.24. The summed E-state index contributed by atoms with van der Waals surface area (Å²) in [4.78, 5) is 0. The van der Waals surface area contributed by atoms with Gasteiger partial charge in [-0.15, -0.1) is 0 Å². The van der Waals surface area contributed by atoms with E-state index >= 15 is 0 Å². The molecule has 0 aliphatic rings. The maximum atomic E-state index is 11.9. The van der Waals surface area contributed by atoms with Crippen molar-refractivity contribution in [3.63, 3.8) is 0 Å². The number of hydrogen-bond acceptors (Lipinski definition) is 4. The van der Waals surface area contributed by atoms with Crippen LogP contribution in [0.3, 0.4) is 0 Å². The first kappa shape index (κ1) is 14.8. The van der Waals surface area contributed by atoms with Crippen molar-refractivity contribution in [3.8, 4) is 5.75 Å². The Balaban J connectivity index is 2.24. The van der Waals surface area contributed by atoms with Crippen LogP contribution in [0.1, 0.15) is 6.42 Å². The average Bonchev–Trinajstić information content (AvgIpc) is 2.28. The summed E-state index contributed by atoms with van der Waals surface area (Å²) in [6, 6.07) is 8.60. The molecule has 0 saturated carbocycles. The fourth-order valence-corrected chi connectivity index (χ4v) is 1.47. The molecule has 1 aromatic carbocycles. The maximum absolute atomic E-state index is 11.9. The third-order valence-corrected chi connectivity index (χ3v) is 2.87. The number of ether oxygens (including phenoxy) is 1. The van der Waals surface area contributed by atoms with E-state index in [4.69, 9.17) is 4.74 Å². The molecule has 8 heteroatoms. The van der Waals surface area contributed by atoms with Crippen LogP contribution >= 0.6 is 0 Å². The Morgan fingerprint density at radius 3 is 2.22 bits per heavy atom. The largest absolute Gasteiger partial charge is 0.523 e. The number of rotatable bonds is 6. The van der Waals surface area contributed by atoms with Gasteiger partial charge in [-0.05, 0) is 12.1 Å². The topological polar surface area (TPSA) is 52.6 Å². The standard InChI is InChI=1S/C10H11F3O4S/c11-10(12,13)18(14,15)17-8-4-7-16-9-5-2-1-3-6-9/h1-3,5-6H,4,7-8H2. The van der Waals surface area contributed by atoms with Crippen molar-refractivity contribution in [1.82, 2.24) is 0 Å². The minimum absolute atomic E-state index is 0.0319. The molecule has 0 N–H and O–H groups in total. The van der Waals surface area contributed by atoms with E-state index in [9.17, 15) is 21.6 Å². The smallest absolute Gasteiger partial charge is 0.494 e. The van der Waals surface area contributed by atoms with Crippen LogP contribution < -0.4 is 4.74 Å². The summed E-state index contributed by atoms with van der Waals surface area (Å²) in [5, 5.41) is 0. The Bertz CT molecular complexity index is 456. The second-order valence-electron chi connectivity index (χ2n) is 3.24. The Morgan fingerprint density at radius 2 is 1.67 bits per heavy atom. The normalized spacial score (nSPS) is 12.4. The van der Waals surface area contributed by atoms with E-state index in [2.05, 4.69) is 4.18 Å². The second-order valence-corrected chi connectivity index (χ2v) is 4.84. The molecule has 0 unspecified atom stereocenters. The van der Waals surface area contributed by atoms with Gasteiger partial charge in [0.2, 0.25) is 0 Å². The second kappa shape index (κ2) is 6.05. The van der Waals surface area contributed by atoms with Gasteiger partial charge in [0, 0.05) is 6.42 Å². The highest BCUT2D eigenvalue weighted by molar-refractivity contribution is 7.87. The van der Waals surface area contributed by atoms with Crippen molar-refractivity contribution in [1.29, 1.82) is 0 Å². The van der Waals surface area contributed by atoms with Gasteiger partial charge in [-0.2, -0.15) is 21.6 Å². The van der Waals surface area contributed by atoms with E-state index in [1.807, 2.05) is 0 Å². The van der Waals surface area contributed by atoms with Gasteiger partial charge in [-0.1, -0.05) is 18.2 Å². The summed E-state index contributed by atoms with van der Waals surface area (Å²) in [5.74, 6) is 0.552. The van der Waals surface area contributed by atoms with Gasteiger partial charge < -0.3 is 4.74 Å². The van der Waals surface area contributed by atoms with Gasteiger partial charge in [0.1, 0.15) is 5.75 Å². The molecule has 0 atom stereocenters. The van der Waals surface area contributed by atoms with Gasteiger partial charge in [-0.25, -0.2) is 0 Å².